The Labute approximate surface area is 110 Å². The van der Waals surface area contributed by atoms with E-state index in [1.807, 2.05) is 0 Å². The normalized spacial score (nSPS) is 22.0. The van der Waals surface area contributed by atoms with Gasteiger partial charge in [-0.2, -0.15) is 0 Å². The van der Waals surface area contributed by atoms with E-state index in [2.05, 4.69) is 0 Å². The minimum Gasteiger partial charge on any atom is -0.503 e. The van der Waals surface area contributed by atoms with Crippen LogP contribution in [0.25, 0.3) is 0 Å². The topological polar surface area (TPSA) is 57.6 Å². The molecule has 1 heterocycles. The number of halogens is 2. The molecule has 0 bridgehead atoms. The average Bonchev–Trinajstić information content (AvgIpc) is 2.66. The summed E-state index contributed by atoms with van der Waals surface area (Å²) in [5.74, 6) is -2.79. The van der Waals surface area contributed by atoms with E-state index in [0.29, 0.717) is 12.0 Å². The summed E-state index contributed by atoms with van der Waals surface area (Å²) in [5, 5.41) is 9.00. The van der Waals surface area contributed by atoms with Crippen LogP contribution in [0.4, 0.5) is 8.78 Å². The zero-order valence-electron chi connectivity index (χ0n) is 10.4. The lowest BCUT2D eigenvalue weighted by Gasteiger charge is -2.23. The number of nitrogens with zero attached hydrogens (tertiary/aromatic N) is 1. The highest BCUT2D eigenvalue weighted by Gasteiger charge is 2.30. The third kappa shape index (κ3) is 3.22. The lowest BCUT2D eigenvalue weighted by Crippen LogP contribution is -2.32. The molecule has 0 amide bonds. The summed E-state index contributed by atoms with van der Waals surface area (Å²) in [6, 6.07) is 1.97. The first-order chi connectivity index (χ1) is 8.78. The molecule has 0 aromatic heterocycles. The molecule has 1 aromatic rings. The number of hydrogen-bond acceptors (Lipinski definition) is 4. The van der Waals surface area contributed by atoms with Gasteiger partial charge in [0, 0.05) is 12.6 Å². The van der Waals surface area contributed by atoms with Crippen LogP contribution in [-0.2, 0) is 16.4 Å². The molecule has 1 N–H and O–H groups in total. The molecule has 1 fully saturated rings. The van der Waals surface area contributed by atoms with Crippen LogP contribution in [-0.4, -0.2) is 43.0 Å². The minimum absolute atomic E-state index is 0.0759. The van der Waals surface area contributed by atoms with Crippen molar-refractivity contribution >= 4 is 9.84 Å². The summed E-state index contributed by atoms with van der Waals surface area (Å²) in [6.07, 6.45) is 0.530. The molecule has 19 heavy (non-hydrogen) atoms. The van der Waals surface area contributed by atoms with Gasteiger partial charge < -0.3 is 5.11 Å². The Morgan fingerprint density at radius 3 is 2.42 bits per heavy atom. The zero-order valence-corrected chi connectivity index (χ0v) is 11.3. The van der Waals surface area contributed by atoms with Crippen molar-refractivity contribution in [1.82, 2.24) is 4.90 Å². The molecule has 1 saturated heterocycles. The monoisotopic (exact) mass is 291 g/mol. The third-order valence-corrected chi connectivity index (χ3v) is 5.09. The predicted octanol–water partition coefficient (Wildman–Crippen LogP) is 1.29. The van der Waals surface area contributed by atoms with Gasteiger partial charge in [0.1, 0.15) is 0 Å². The van der Waals surface area contributed by atoms with Crippen molar-refractivity contribution in [3.63, 3.8) is 0 Å². The number of rotatable bonds is 3. The van der Waals surface area contributed by atoms with Crippen LogP contribution in [0.15, 0.2) is 12.1 Å². The van der Waals surface area contributed by atoms with Gasteiger partial charge in [0.25, 0.3) is 0 Å². The van der Waals surface area contributed by atoms with E-state index in [0.717, 1.165) is 12.1 Å². The highest BCUT2D eigenvalue weighted by atomic mass is 32.2. The fourth-order valence-corrected chi connectivity index (χ4v) is 4.05. The van der Waals surface area contributed by atoms with E-state index < -0.39 is 27.2 Å². The van der Waals surface area contributed by atoms with E-state index in [-0.39, 0.29) is 24.1 Å². The van der Waals surface area contributed by atoms with Gasteiger partial charge in [-0.25, -0.2) is 17.2 Å². The average molecular weight is 291 g/mol. The quantitative estimate of drug-likeness (QED) is 0.911. The number of phenolic OH excluding ortho intramolecular Hbond substituents is 1. The second-order valence-electron chi connectivity index (χ2n) is 4.88. The summed E-state index contributed by atoms with van der Waals surface area (Å²) in [6.45, 7) is 0.230. The SMILES string of the molecule is CN(Cc1cc(F)c(O)c(F)c1)C1CCS(=O)(=O)C1. The fourth-order valence-electron chi connectivity index (χ4n) is 2.25. The molecule has 7 heteroatoms. The standard InChI is InChI=1S/C12H15F2NO3S/c1-15(9-2-3-19(17,18)7-9)6-8-4-10(13)12(16)11(14)5-8/h4-5,9,16H,2-3,6-7H2,1H3. The molecule has 0 spiro atoms. The third-order valence-electron chi connectivity index (χ3n) is 3.34. The maximum absolute atomic E-state index is 13.2. The summed E-state index contributed by atoms with van der Waals surface area (Å²) in [7, 11) is -1.27. The largest absolute Gasteiger partial charge is 0.503 e. The lowest BCUT2D eigenvalue weighted by molar-refractivity contribution is 0.253. The Hall–Kier alpha value is -1.21. The van der Waals surface area contributed by atoms with Gasteiger partial charge >= 0.3 is 0 Å². The molecule has 1 aliphatic heterocycles. The number of benzene rings is 1. The Kier molecular flexibility index (Phi) is 3.78. The highest BCUT2D eigenvalue weighted by Crippen LogP contribution is 2.23. The van der Waals surface area contributed by atoms with Gasteiger partial charge in [-0.15, -0.1) is 0 Å². The van der Waals surface area contributed by atoms with Crippen LogP contribution < -0.4 is 0 Å². The van der Waals surface area contributed by atoms with Crippen LogP contribution in [0.5, 0.6) is 5.75 Å². The zero-order chi connectivity index (χ0) is 14.2. The molecule has 1 atom stereocenters. The molecule has 1 aromatic carbocycles. The van der Waals surface area contributed by atoms with Crippen molar-refractivity contribution < 1.29 is 22.3 Å². The van der Waals surface area contributed by atoms with Gasteiger partial charge in [0.05, 0.1) is 11.5 Å². The maximum Gasteiger partial charge on any atom is 0.187 e. The fraction of sp³-hybridized carbons (Fsp3) is 0.500. The molecule has 0 aliphatic carbocycles. The second kappa shape index (κ2) is 5.05. The van der Waals surface area contributed by atoms with E-state index >= 15 is 0 Å². The Morgan fingerprint density at radius 1 is 1.37 bits per heavy atom. The summed E-state index contributed by atoms with van der Waals surface area (Å²) in [5.41, 5.74) is 0.361. The van der Waals surface area contributed by atoms with Crippen LogP contribution >= 0.6 is 0 Å². The first-order valence-electron chi connectivity index (χ1n) is 5.86. The van der Waals surface area contributed by atoms with E-state index in [1.54, 1.807) is 11.9 Å². The Balaban J connectivity index is 2.09. The van der Waals surface area contributed by atoms with Gasteiger partial charge in [0.15, 0.2) is 27.2 Å². The second-order valence-corrected chi connectivity index (χ2v) is 7.11. The van der Waals surface area contributed by atoms with Crippen LogP contribution in [0.3, 0.4) is 0 Å². The number of aromatic hydroxyl groups is 1. The molecule has 2 rings (SSSR count). The van der Waals surface area contributed by atoms with Crippen molar-refractivity contribution in [1.29, 1.82) is 0 Å². The van der Waals surface area contributed by atoms with Crippen molar-refractivity contribution in [3.05, 3.63) is 29.3 Å². The molecule has 0 radical (unpaired) electrons. The maximum atomic E-state index is 13.2. The van der Waals surface area contributed by atoms with E-state index in [9.17, 15) is 17.2 Å². The molecular formula is C12H15F2NO3S. The van der Waals surface area contributed by atoms with Crippen molar-refractivity contribution in [2.75, 3.05) is 18.6 Å². The van der Waals surface area contributed by atoms with Gasteiger partial charge in [-0.1, -0.05) is 0 Å². The molecular weight excluding hydrogens is 276 g/mol. The van der Waals surface area contributed by atoms with E-state index in [1.165, 1.54) is 0 Å². The summed E-state index contributed by atoms with van der Waals surface area (Å²) < 4.78 is 49.1. The van der Waals surface area contributed by atoms with Crippen LogP contribution in [0, 0.1) is 11.6 Å². The van der Waals surface area contributed by atoms with Crippen molar-refractivity contribution in [3.8, 4) is 5.75 Å². The number of hydrogen-bond donors (Lipinski definition) is 1. The minimum atomic E-state index is -2.99. The van der Waals surface area contributed by atoms with Crippen LogP contribution in [0.1, 0.15) is 12.0 Å². The summed E-state index contributed by atoms with van der Waals surface area (Å²) >= 11 is 0. The van der Waals surface area contributed by atoms with Gasteiger partial charge in [0.2, 0.25) is 0 Å². The molecule has 1 aliphatic rings. The number of phenols is 1. The van der Waals surface area contributed by atoms with Crippen molar-refractivity contribution in [2.45, 2.75) is 19.0 Å². The summed E-state index contributed by atoms with van der Waals surface area (Å²) in [4.78, 5) is 1.76. The van der Waals surface area contributed by atoms with E-state index in [4.69, 9.17) is 5.11 Å². The first kappa shape index (κ1) is 14.2. The lowest BCUT2D eigenvalue weighted by atomic mass is 10.1. The van der Waals surface area contributed by atoms with Crippen LogP contribution in [0.2, 0.25) is 0 Å². The molecule has 1 unspecified atom stereocenters. The Bertz CT molecular complexity index is 566. The van der Waals surface area contributed by atoms with Crippen molar-refractivity contribution in [2.24, 2.45) is 0 Å². The smallest absolute Gasteiger partial charge is 0.187 e. The predicted molar refractivity (Wildman–Crippen MR) is 66.5 cm³/mol. The van der Waals surface area contributed by atoms with Gasteiger partial charge in [-0.3, -0.25) is 4.90 Å². The molecule has 0 saturated carbocycles. The number of sulfone groups is 1. The van der Waals surface area contributed by atoms with Gasteiger partial charge in [-0.05, 0) is 31.2 Å². The molecule has 106 valence electrons. The molecule has 4 nitrogen and oxygen atoms in total. The Morgan fingerprint density at radius 2 is 1.95 bits per heavy atom. The first-order valence-corrected chi connectivity index (χ1v) is 7.68. The highest BCUT2D eigenvalue weighted by molar-refractivity contribution is 7.91.